The van der Waals surface area contributed by atoms with E-state index in [4.69, 9.17) is 0 Å². The van der Waals surface area contributed by atoms with Crippen LogP contribution in [0.1, 0.15) is 27.2 Å². The van der Waals surface area contributed by atoms with E-state index in [9.17, 15) is 4.79 Å². The molecule has 0 bridgehead atoms. The molecular formula is C19H18N6O. The maximum atomic E-state index is 12.5. The smallest absolute Gasteiger partial charge is 0.251 e. The summed E-state index contributed by atoms with van der Waals surface area (Å²) in [5.41, 5.74) is 7.31. The summed E-state index contributed by atoms with van der Waals surface area (Å²) in [5.74, 6) is -0.0598. The van der Waals surface area contributed by atoms with Crippen LogP contribution in [0.5, 0.6) is 0 Å². The molecule has 3 heterocycles. The van der Waals surface area contributed by atoms with Gasteiger partial charge in [0.25, 0.3) is 5.91 Å². The number of aryl methyl sites for hydroxylation is 2. The number of benzene rings is 1. The number of carbonyl (C=O) groups is 1. The molecule has 1 aromatic carbocycles. The molecule has 130 valence electrons. The number of hydrogen-bond acceptors (Lipinski definition) is 3. The van der Waals surface area contributed by atoms with Crippen LogP contribution < -0.4 is 5.32 Å². The van der Waals surface area contributed by atoms with Crippen molar-refractivity contribution in [1.82, 2.24) is 30.5 Å². The third-order valence-electron chi connectivity index (χ3n) is 5.00. The number of H-pyrrole nitrogens is 3. The minimum Gasteiger partial charge on any atom is -0.353 e. The number of aromatic amines is 3. The zero-order valence-corrected chi connectivity index (χ0v) is 14.1. The Hall–Kier alpha value is -3.35. The summed E-state index contributed by atoms with van der Waals surface area (Å²) in [4.78, 5) is 23.0. The van der Waals surface area contributed by atoms with Crippen molar-refractivity contribution < 1.29 is 4.79 Å². The molecule has 5 rings (SSSR count). The number of hydrogen-bond donors (Lipinski definition) is 4. The van der Waals surface area contributed by atoms with Crippen LogP contribution in [-0.2, 0) is 19.3 Å². The molecule has 7 heteroatoms. The normalized spacial score (nSPS) is 12.8. The molecule has 0 atom stereocenters. The molecule has 0 fully saturated rings. The number of fused-ring (bicyclic) bond motifs is 5. The van der Waals surface area contributed by atoms with E-state index in [1.165, 1.54) is 11.1 Å². The Morgan fingerprint density at radius 3 is 3.08 bits per heavy atom. The van der Waals surface area contributed by atoms with E-state index in [0.29, 0.717) is 18.5 Å². The summed E-state index contributed by atoms with van der Waals surface area (Å²) in [6.07, 6.45) is 8.00. The third-order valence-corrected chi connectivity index (χ3v) is 5.00. The van der Waals surface area contributed by atoms with Gasteiger partial charge in [-0.25, -0.2) is 4.98 Å². The minimum absolute atomic E-state index is 0.0598. The van der Waals surface area contributed by atoms with Gasteiger partial charge in [-0.15, -0.1) is 0 Å². The van der Waals surface area contributed by atoms with E-state index in [1.54, 1.807) is 6.33 Å². The van der Waals surface area contributed by atoms with Crippen LogP contribution in [-0.4, -0.2) is 37.6 Å². The maximum absolute atomic E-state index is 12.5. The van der Waals surface area contributed by atoms with Crippen LogP contribution in [0.4, 0.5) is 0 Å². The first-order valence-corrected chi connectivity index (χ1v) is 8.72. The van der Waals surface area contributed by atoms with Crippen LogP contribution in [0, 0.1) is 0 Å². The Labute approximate surface area is 149 Å². The fourth-order valence-electron chi connectivity index (χ4n) is 3.67. The SMILES string of the molecule is O=C(NCCc1c[nH]cn1)c1ccc2[nH]c3c(c2c1)CCc1cn[nH]c1-3. The van der Waals surface area contributed by atoms with Gasteiger partial charge in [0.05, 0.1) is 29.6 Å². The lowest BCUT2D eigenvalue weighted by Gasteiger charge is -2.11. The van der Waals surface area contributed by atoms with Gasteiger partial charge < -0.3 is 15.3 Å². The van der Waals surface area contributed by atoms with Gasteiger partial charge in [0.2, 0.25) is 0 Å². The van der Waals surface area contributed by atoms with Crippen molar-refractivity contribution in [3.8, 4) is 11.4 Å². The van der Waals surface area contributed by atoms with E-state index in [1.807, 2.05) is 30.6 Å². The first-order valence-electron chi connectivity index (χ1n) is 8.72. The van der Waals surface area contributed by atoms with Gasteiger partial charge in [0.1, 0.15) is 0 Å². The molecule has 26 heavy (non-hydrogen) atoms. The largest absolute Gasteiger partial charge is 0.353 e. The van der Waals surface area contributed by atoms with E-state index < -0.39 is 0 Å². The van der Waals surface area contributed by atoms with Gasteiger partial charge in [-0.1, -0.05) is 0 Å². The number of aromatic nitrogens is 5. The molecule has 0 saturated carbocycles. The summed E-state index contributed by atoms with van der Waals surface area (Å²) >= 11 is 0. The van der Waals surface area contributed by atoms with Crippen LogP contribution >= 0.6 is 0 Å². The van der Waals surface area contributed by atoms with Gasteiger partial charge >= 0.3 is 0 Å². The fourth-order valence-corrected chi connectivity index (χ4v) is 3.67. The number of rotatable bonds is 4. The molecule has 4 N–H and O–H groups in total. The number of carbonyl (C=O) groups excluding carboxylic acids is 1. The van der Waals surface area contributed by atoms with E-state index in [0.717, 1.165) is 40.8 Å². The molecule has 1 aliphatic rings. The average Bonchev–Trinajstić information content (AvgIpc) is 3.39. The molecule has 0 radical (unpaired) electrons. The Kier molecular flexibility index (Phi) is 3.38. The topological polar surface area (TPSA) is 102 Å². The molecular weight excluding hydrogens is 328 g/mol. The minimum atomic E-state index is -0.0598. The Bertz CT molecular complexity index is 1090. The lowest BCUT2D eigenvalue weighted by molar-refractivity contribution is 0.0954. The van der Waals surface area contributed by atoms with Crippen molar-refractivity contribution in [2.75, 3.05) is 6.54 Å². The van der Waals surface area contributed by atoms with E-state index >= 15 is 0 Å². The molecule has 0 unspecified atom stereocenters. The molecule has 0 spiro atoms. The summed E-state index contributed by atoms with van der Waals surface area (Å²) in [6, 6.07) is 5.82. The summed E-state index contributed by atoms with van der Waals surface area (Å²) in [7, 11) is 0. The van der Waals surface area contributed by atoms with Crippen LogP contribution in [0.2, 0.25) is 0 Å². The van der Waals surface area contributed by atoms with Crippen molar-refractivity contribution in [3.63, 3.8) is 0 Å². The standard InChI is InChI=1S/C19H18N6O/c26-19(21-6-5-13-9-20-10-22-13)11-2-4-16-15(7-11)14-3-1-12-8-23-25-17(12)18(14)24-16/h2,4,7-10,24H,1,3,5-6H2,(H,20,22)(H,21,26)(H,23,25). The van der Waals surface area contributed by atoms with Crippen LogP contribution in [0.25, 0.3) is 22.3 Å². The molecule has 0 saturated heterocycles. The second-order valence-electron chi connectivity index (χ2n) is 6.58. The predicted octanol–water partition coefficient (Wildman–Crippen LogP) is 2.35. The predicted molar refractivity (Wildman–Crippen MR) is 97.9 cm³/mol. The first kappa shape index (κ1) is 14.9. The molecule has 0 aliphatic heterocycles. The average molecular weight is 346 g/mol. The van der Waals surface area contributed by atoms with Crippen LogP contribution in [0.15, 0.2) is 36.9 Å². The monoisotopic (exact) mass is 346 g/mol. The van der Waals surface area contributed by atoms with Crippen molar-refractivity contribution in [2.45, 2.75) is 19.3 Å². The van der Waals surface area contributed by atoms with Gasteiger partial charge in [-0.2, -0.15) is 5.10 Å². The summed E-state index contributed by atoms with van der Waals surface area (Å²) < 4.78 is 0. The zero-order chi connectivity index (χ0) is 17.5. The second-order valence-corrected chi connectivity index (χ2v) is 6.58. The number of nitrogens with zero attached hydrogens (tertiary/aromatic N) is 2. The number of nitrogens with one attached hydrogen (secondary N) is 4. The molecule has 4 aromatic rings. The van der Waals surface area contributed by atoms with Crippen molar-refractivity contribution >= 4 is 16.8 Å². The van der Waals surface area contributed by atoms with Crippen LogP contribution in [0.3, 0.4) is 0 Å². The highest BCUT2D eigenvalue weighted by Crippen LogP contribution is 2.36. The van der Waals surface area contributed by atoms with Crippen molar-refractivity contribution in [3.05, 3.63) is 59.3 Å². The zero-order valence-electron chi connectivity index (χ0n) is 14.1. The van der Waals surface area contributed by atoms with Gasteiger partial charge in [0.15, 0.2) is 0 Å². The van der Waals surface area contributed by atoms with Crippen molar-refractivity contribution in [1.29, 1.82) is 0 Å². The highest BCUT2D eigenvalue weighted by atomic mass is 16.1. The highest BCUT2D eigenvalue weighted by Gasteiger charge is 2.22. The Balaban J connectivity index is 1.41. The quantitative estimate of drug-likeness (QED) is 0.456. The first-order chi connectivity index (χ1) is 12.8. The molecule has 7 nitrogen and oxygen atoms in total. The molecule has 3 aromatic heterocycles. The van der Waals surface area contributed by atoms with E-state index in [2.05, 4.69) is 30.5 Å². The Morgan fingerprint density at radius 1 is 1.23 bits per heavy atom. The number of imidazole rings is 1. The van der Waals surface area contributed by atoms with Gasteiger partial charge in [0, 0.05) is 35.6 Å². The summed E-state index contributed by atoms with van der Waals surface area (Å²) in [6.45, 7) is 0.560. The van der Waals surface area contributed by atoms with E-state index in [-0.39, 0.29) is 5.91 Å². The second kappa shape index (κ2) is 5.87. The molecule has 1 amide bonds. The van der Waals surface area contributed by atoms with Crippen molar-refractivity contribution in [2.24, 2.45) is 0 Å². The van der Waals surface area contributed by atoms with Gasteiger partial charge in [-0.3, -0.25) is 9.89 Å². The Morgan fingerprint density at radius 2 is 2.19 bits per heavy atom. The fraction of sp³-hybridized carbons (Fsp3) is 0.211. The molecule has 1 aliphatic carbocycles. The third kappa shape index (κ3) is 2.40. The highest BCUT2D eigenvalue weighted by molar-refractivity contribution is 6.00. The van der Waals surface area contributed by atoms with Gasteiger partial charge in [-0.05, 0) is 42.2 Å². The maximum Gasteiger partial charge on any atom is 0.251 e. The number of amides is 1. The lowest BCUT2D eigenvalue weighted by atomic mass is 9.93. The lowest BCUT2D eigenvalue weighted by Crippen LogP contribution is -2.25. The summed E-state index contributed by atoms with van der Waals surface area (Å²) in [5, 5.41) is 11.3.